The van der Waals surface area contributed by atoms with Gasteiger partial charge in [0.2, 0.25) is 0 Å². The molecule has 3 aliphatic rings. The lowest BCUT2D eigenvalue weighted by molar-refractivity contribution is -0.225. The van der Waals surface area contributed by atoms with Gasteiger partial charge in [-0.25, -0.2) is 0 Å². The zero-order chi connectivity index (χ0) is 12.9. The highest BCUT2D eigenvalue weighted by molar-refractivity contribution is 5.16. The molecule has 2 N–H and O–H groups in total. The maximum Gasteiger partial charge on any atom is 0.190 e. The van der Waals surface area contributed by atoms with Gasteiger partial charge in [0.1, 0.15) is 24.4 Å². The second-order valence-corrected chi connectivity index (χ2v) is 5.25. The van der Waals surface area contributed by atoms with E-state index in [2.05, 4.69) is 0 Å². The third-order valence-corrected chi connectivity index (χ3v) is 3.53. The summed E-state index contributed by atoms with van der Waals surface area (Å²) < 4.78 is 22.7. The van der Waals surface area contributed by atoms with Crippen LogP contribution >= 0.6 is 0 Å². The quantitative estimate of drug-likeness (QED) is 0.620. The number of hydrogen-bond acceptors (Lipinski definition) is 6. The molecular weight excluding hydrogens is 240 g/mol. The van der Waals surface area contributed by atoms with Crippen LogP contribution in [0.4, 0.5) is 0 Å². The smallest absolute Gasteiger partial charge is 0.190 e. The summed E-state index contributed by atoms with van der Waals surface area (Å²) in [5.41, 5.74) is 0.515. The molecule has 0 aliphatic carbocycles. The monoisotopic (exact) mass is 258 g/mol. The first-order chi connectivity index (χ1) is 8.52. The molecule has 0 aromatic rings. The molecule has 0 spiro atoms. The number of aliphatic hydroxyl groups excluding tert-OH is 2. The Bertz CT molecular complexity index is 366. The summed E-state index contributed by atoms with van der Waals surface area (Å²) >= 11 is 0. The van der Waals surface area contributed by atoms with Gasteiger partial charge in [0.25, 0.3) is 0 Å². The highest BCUT2D eigenvalue weighted by Gasteiger charge is 2.57. The van der Waals surface area contributed by atoms with Gasteiger partial charge in [-0.1, -0.05) is 6.08 Å². The Labute approximate surface area is 105 Å². The Kier molecular flexibility index (Phi) is 2.97. The minimum Gasteiger partial charge on any atom is -0.392 e. The lowest BCUT2D eigenvalue weighted by atomic mass is 10.0. The fourth-order valence-corrected chi connectivity index (χ4v) is 2.70. The number of fused-ring (bicyclic) bond motifs is 3. The van der Waals surface area contributed by atoms with E-state index in [0.29, 0.717) is 12.2 Å². The molecule has 102 valence electrons. The van der Waals surface area contributed by atoms with E-state index in [0.717, 1.165) is 0 Å². The lowest BCUT2D eigenvalue weighted by Crippen LogP contribution is -2.42. The van der Waals surface area contributed by atoms with Crippen molar-refractivity contribution < 1.29 is 29.2 Å². The van der Waals surface area contributed by atoms with Crippen LogP contribution in [0.25, 0.3) is 0 Å². The maximum atomic E-state index is 10.2. The lowest BCUT2D eigenvalue weighted by Gasteiger charge is -2.27. The van der Waals surface area contributed by atoms with E-state index in [9.17, 15) is 10.2 Å². The highest BCUT2D eigenvalue weighted by Crippen LogP contribution is 2.41. The third kappa shape index (κ3) is 1.89. The number of hydrogen-bond donors (Lipinski definition) is 2. The molecule has 3 aliphatic heterocycles. The largest absolute Gasteiger partial charge is 0.392 e. The number of ether oxygens (including phenoxy) is 4. The summed E-state index contributed by atoms with van der Waals surface area (Å²) in [6.07, 6.45) is -1.01. The van der Waals surface area contributed by atoms with Crippen molar-refractivity contribution in [2.75, 3.05) is 13.2 Å². The van der Waals surface area contributed by atoms with E-state index in [1.807, 2.05) is 13.8 Å². The van der Waals surface area contributed by atoms with Gasteiger partial charge in [-0.3, -0.25) is 0 Å². The molecule has 3 rings (SSSR count). The molecule has 0 unspecified atom stereocenters. The van der Waals surface area contributed by atoms with Crippen LogP contribution < -0.4 is 0 Å². The molecule has 3 heterocycles. The van der Waals surface area contributed by atoms with Crippen molar-refractivity contribution in [2.24, 2.45) is 0 Å². The predicted molar refractivity (Wildman–Crippen MR) is 59.6 cm³/mol. The Morgan fingerprint density at radius 1 is 1.28 bits per heavy atom. The first-order valence-electron chi connectivity index (χ1n) is 6.12. The Morgan fingerprint density at radius 2 is 2.06 bits per heavy atom. The molecule has 18 heavy (non-hydrogen) atoms. The molecule has 0 aromatic heterocycles. The van der Waals surface area contributed by atoms with Gasteiger partial charge < -0.3 is 29.2 Å². The van der Waals surface area contributed by atoms with Crippen LogP contribution in [0, 0.1) is 0 Å². The zero-order valence-electron chi connectivity index (χ0n) is 10.4. The first-order valence-corrected chi connectivity index (χ1v) is 6.12. The molecule has 0 amide bonds. The molecular formula is C12H18O6. The van der Waals surface area contributed by atoms with Gasteiger partial charge in [-0.05, 0) is 19.4 Å². The van der Waals surface area contributed by atoms with E-state index in [1.165, 1.54) is 0 Å². The normalized spacial score (nSPS) is 46.2. The van der Waals surface area contributed by atoms with Crippen molar-refractivity contribution in [3.63, 3.8) is 0 Å². The second-order valence-electron chi connectivity index (χ2n) is 5.25. The molecule has 0 saturated carbocycles. The van der Waals surface area contributed by atoms with Gasteiger partial charge in [0.05, 0.1) is 13.2 Å². The van der Waals surface area contributed by atoms with E-state index in [1.54, 1.807) is 6.08 Å². The second kappa shape index (κ2) is 4.26. The Morgan fingerprint density at radius 3 is 2.78 bits per heavy atom. The number of rotatable bonds is 1. The topological polar surface area (TPSA) is 77.4 Å². The van der Waals surface area contributed by atoms with Gasteiger partial charge in [0.15, 0.2) is 12.1 Å². The van der Waals surface area contributed by atoms with Crippen LogP contribution in [0.5, 0.6) is 0 Å². The minimum atomic E-state index is -0.886. The summed E-state index contributed by atoms with van der Waals surface area (Å²) in [5.74, 6) is -0.700. The van der Waals surface area contributed by atoms with Crippen LogP contribution in [0.2, 0.25) is 0 Å². The Hall–Kier alpha value is -0.500. The van der Waals surface area contributed by atoms with Crippen molar-refractivity contribution in [2.45, 2.75) is 50.3 Å². The SMILES string of the molecule is CC1(C)O[C@H]2O[C@H]3[C@H](OCC=C(CO)[C@@H]3O)[C@H]2O1. The van der Waals surface area contributed by atoms with Crippen molar-refractivity contribution in [3.8, 4) is 0 Å². The maximum absolute atomic E-state index is 10.2. The molecule has 6 nitrogen and oxygen atoms in total. The third-order valence-electron chi connectivity index (χ3n) is 3.53. The Balaban J connectivity index is 1.81. The summed E-state index contributed by atoms with van der Waals surface area (Å²) in [5, 5.41) is 19.4. The molecule has 0 bridgehead atoms. The molecule has 6 heteroatoms. The van der Waals surface area contributed by atoms with Gasteiger partial charge >= 0.3 is 0 Å². The average molecular weight is 258 g/mol. The van der Waals surface area contributed by atoms with E-state index in [-0.39, 0.29) is 18.8 Å². The zero-order valence-corrected chi connectivity index (χ0v) is 10.4. The molecule has 5 atom stereocenters. The van der Waals surface area contributed by atoms with Gasteiger partial charge in [-0.2, -0.15) is 0 Å². The molecule has 0 aromatic carbocycles. The summed E-state index contributed by atoms with van der Waals surface area (Å²) in [6, 6.07) is 0. The average Bonchev–Trinajstić information content (AvgIpc) is 2.71. The first kappa shape index (κ1) is 12.5. The summed E-state index contributed by atoms with van der Waals surface area (Å²) in [6.45, 7) is 3.74. The summed E-state index contributed by atoms with van der Waals surface area (Å²) in [7, 11) is 0. The van der Waals surface area contributed by atoms with E-state index in [4.69, 9.17) is 18.9 Å². The van der Waals surface area contributed by atoms with Crippen molar-refractivity contribution >= 4 is 0 Å². The fraction of sp³-hybridized carbons (Fsp3) is 0.833. The van der Waals surface area contributed by atoms with Crippen LogP contribution in [-0.2, 0) is 18.9 Å². The molecule has 0 radical (unpaired) electrons. The molecule has 2 saturated heterocycles. The van der Waals surface area contributed by atoms with Gasteiger partial charge in [0, 0.05) is 0 Å². The van der Waals surface area contributed by atoms with Crippen LogP contribution in [0.3, 0.4) is 0 Å². The minimum absolute atomic E-state index is 0.209. The molecule has 2 fully saturated rings. The van der Waals surface area contributed by atoms with E-state index < -0.39 is 24.3 Å². The van der Waals surface area contributed by atoms with Crippen LogP contribution in [0.15, 0.2) is 11.6 Å². The predicted octanol–water partition coefficient (Wildman–Crippen LogP) is -0.459. The van der Waals surface area contributed by atoms with Crippen LogP contribution in [0.1, 0.15) is 13.8 Å². The number of aliphatic hydroxyl groups is 2. The van der Waals surface area contributed by atoms with Crippen molar-refractivity contribution in [1.82, 2.24) is 0 Å². The van der Waals surface area contributed by atoms with Crippen molar-refractivity contribution in [1.29, 1.82) is 0 Å². The summed E-state index contributed by atoms with van der Waals surface area (Å²) in [4.78, 5) is 0. The highest BCUT2D eigenvalue weighted by atomic mass is 16.8. The fourth-order valence-electron chi connectivity index (χ4n) is 2.70. The van der Waals surface area contributed by atoms with E-state index >= 15 is 0 Å². The van der Waals surface area contributed by atoms with Gasteiger partial charge in [-0.15, -0.1) is 0 Å². The van der Waals surface area contributed by atoms with Crippen molar-refractivity contribution in [3.05, 3.63) is 11.6 Å². The standard InChI is InChI=1S/C12H18O6/c1-12(2)17-10-9-8(16-11(10)18-12)7(14)6(5-13)3-4-15-9/h3,7-11,13-14H,4-5H2,1-2H3/t7-,8+,9-,10+,11+/m0/s1. The van der Waals surface area contributed by atoms with Crippen LogP contribution in [-0.4, -0.2) is 59.9 Å².